The largest absolute Gasteiger partial charge is 0.320 e. The zero-order valence-corrected chi connectivity index (χ0v) is 15.3. The summed E-state index contributed by atoms with van der Waals surface area (Å²) < 4.78 is 29.4. The van der Waals surface area contributed by atoms with Crippen molar-refractivity contribution in [1.29, 1.82) is 0 Å². The first-order chi connectivity index (χ1) is 13.6. The van der Waals surface area contributed by atoms with Gasteiger partial charge in [0.25, 0.3) is 0 Å². The molecule has 0 aliphatic heterocycles. The van der Waals surface area contributed by atoms with Gasteiger partial charge in [-0.3, -0.25) is 9.78 Å². The summed E-state index contributed by atoms with van der Waals surface area (Å²) in [6, 6.07) is 14.4. The lowest BCUT2D eigenvalue weighted by Gasteiger charge is -2.05. The SMILES string of the molecule is Cc1c(C(=O)c2ccc(F)cc2F)c2ccccn2c1CCc1ccccn1. The van der Waals surface area contributed by atoms with Gasteiger partial charge in [0, 0.05) is 29.8 Å². The zero-order valence-electron chi connectivity index (χ0n) is 15.3. The summed E-state index contributed by atoms with van der Waals surface area (Å²) in [6.07, 6.45) is 5.06. The standard InChI is InChI=1S/C23H18F2N2O/c1-15-20(11-9-17-6-2-4-12-26-17)27-13-5-3-7-21(27)22(15)23(28)18-10-8-16(24)14-19(18)25/h2-8,10,12-14H,9,11H2,1H3. The third-order valence-corrected chi connectivity index (χ3v) is 4.96. The lowest BCUT2D eigenvalue weighted by atomic mass is 9.98. The maximum absolute atomic E-state index is 14.2. The smallest absolute Gasteiger partial charge is 0.198 e. The average molecular weight is 376 g/mol. The van der Waals surface area contributed by atoms with Gasteiger partial charge in [0.05, 0.1) is 16.6 Å². The summed E-state index contributed by atoms with van der Waals surface area (Å²) >= 11 is 0. The second kappa shape index (κ2) is 7.35. The lowest BCUT2D eigenvalue weighted by Crippen LogP contribution is -2.06. The molecule has 0 saturated carbocycles. The molecule has 4 aromatic rings. The summed E-state index contributed by atoms with van der Waals surface area (Å²) in [7, 11) is 0. The van der Waals surface area contributed by atoms with Gasteiger partial charge in [-0.05, 0) is 61.7 Å². The van der Waals surface area contributed by atoms with Crippen LogP contribution in [-0.2, 0) is 12.8 Å². The number of carbonyl (C=O) groups is 1. The summed E-state index contributed by atoms with van der Waals surface area (Å²) in [6.45, 7) is 1.87. The maximum Gasteiger partial charge on any atom is 0.198 e. The Morgan fingerprint density at radius 2 is 1.86 bits per heavy atom. The zero-order chi connectivity index (χ0) is 19.7. The average Bonchev–Trinajstić information content (AvgIpc) is 2.98. The van der Waals surface area contributed by atoms with Crippen LogP contribution in [0.2, 0.25) is 0 Å². The van der Waals surface area contributed by atoms with E-state index in [1.54, 1.807) is 6.20 Å². The number of halogens is 2. The molecule has 0 N–H and O–H groups in total. The molecule has 0 bridgehead atoms. The summed E-state index contributed by atoms with van der Waals surface area (Å²) in [5.41, 5.74) is 3.78. The molecule has 0 atom stereocenters. The van der Waals surface area contributed by atoms with Gasteiger partial charge >= 0.3 is 0 Å². The number of ketones is 1. The van der Waals surface area contributed by atoms with E-state index in [4.69, 9.17) is 0 Å². The van der Waals surface area contributed by atoms with Crippen molar-refractivity contribution in [2.24, 2.45) is 0 Å². The van der Waals surface area contributed by atoms with Crippen LogP contribution >= 0.6 is 0 Å². The lowest BCUT2D eigenvalue weighted by molar-refractivity contribution is 0.103. The van der Waals surface area contributed by atoms with Crippen molar-refractivity contribution in [2.45, 2.75) is 19.8 Å². The Morgan fingerprint density at radius 1 is 1.04 bits per heavy atom. The number of hydrogen-bond donors (Lipinski definition) is 0. The van der Waals surface area contributed by atoms with E-state index >= 15 is 0 Å². The predicted octanol–water partition coefficient (Wildman–Crippen LogP) is 4.94. The van der Waals surface area contributed by atoms with Gasteiger partial charge in [-0.1, -0.05) is 12.1 Å². The first kappa shape index (κ1) is 18.0. The van der Waals surface area contributed by atoms with E-state index in [0.29, 0.717) is 17.5 Å². The Bertz CT molecular complexity index is 1170. The molecule has 0 unspecified atom stereocenters. The first-order valence-corrected chi connectivity index (χ1v) is 9.04. The number of pyridine rings is 2. The predicted molar refractivity (Wildman–Crippen MR) is 104 cm³/mol. The van der Waals surface area contributed by atoms with Gasteiger partial charge < -0.3 is 4.40 Å². The number of rotatable bonds is 5. The number of aromatic nitrogens is 2. The second-order valence-corrected chi connectivity index (χ2v) is 6.68. The highest BCUT2D eigenvalue weighted by Gasteiger charge is 2.23. The Hall–Kier alpha value is -3.34. The van der Waals surface area contributed by atoms with Gasteiger partial charge in [0.1, 0.15) is 11.6 Å². The monoisotopic (exact) mass is 376 g/mol. The van der Waals surface area contributed by atoms with Crippen molar-refractivity contribution >= 4 is 11.3 Å². The first-order valence-electron chi connectivity index (χ1n) is 9.04. The third-order valence-electron chi connectivity index (χ3n) is 4.96. The fourth-order valence-electron chi connectivity index (χ4n) is 3.59. The summed E-state index contributed by atoms with van der Waals surface area (Å²) in [5, 5.41) is 0. The van der Waals surface area contributed by atoms with E-state index in [1.807, 2.05) is 53.9 Å². The van der Waals surface area contributed by atoms with Crippen LogP contribution in [0.15, 0.2) is 67.0 Å². The van der Waals surface area contributed by atoms with E-state index in [2.05, 4.69) is 4.98 Å². The van der Waals surface area contributed by atoms with Crippen LogP contribution in [0.25, 0.3) is 5.52 Å². The number of carbonyl (C=O) groups excluding carboxylic acids is 1. The van der Waals surface area contributed by atoms with Crippen LogP contribution in [0.5, 0.6) is 0 Å². The molecule has 0 amide bonds. The minimum Gasteiger partial charge on any atom is -0.320 e. The van der Waals surface area contributed by atoms with E-state index in [1.165, 1.54) is 6.07 Å². The Balaban J connectivity index is 1.79. The van der Waals surface area contributed by atoms with Gasteiger partial charge in [-0.25, -0.2) is 8.78 Å². The maximum atomic E-state index is 14.2. The number of fused-ring (bicyclic) bond motifs is 1. The van der Waals surface area contributed by atoms with Crippen LogP contribution in [0.4, 0.5) is 8.78 Å². The van der Waals surface area contributed by atoms with Gasteiger partial charge in [0.15, 0.2) is 5.78 Å². The minimum absolute atomic E-state index is 0.128. The fourth-order valence-corrected chi connectivity index (χ4v) is 3.59. The molecule has 0 fully saturated rings. The van der Waals surface area contributed by atoms with Crippen molar-refractivity contribution in [2.75, 3.05) is 0 Å². The van der Waals surface area contributed by atoms with Crippen molar-refractivity contribution in [3.8, 4) is 0 Å². The number of nitrogens with zero attached hydrogens (tertiary/aromatic N) is 2. The van der Waals surface area contributed by atoms with Gasteiger partial charge in [-0.2, -0.15) is 0 Å². The topological polar surface area (TPSA) is 34.4 Å². The molecule has 28 heavy (non-hydrogen) atoms. The van der Waals surface area contributed by atoms with Gasteiger partial charge in [-0.15, -0.1) is 0 Å². The Labute approximate surface area is 161 Å². The van der Waals surface area contributed by atoms with Crippen LogP contribution in [0.3, 0.4) is 0 Å². The van der Waals surface area contributed by atoms with Crippen LogP contribution in [0.1, 0.15) is 32.9 Å². The molecular weight excluding hydrogens is 358 g/mol. The molecule has 3 heterocycles. The van der Waals surface area contributed by atoms with Crippen LogP contribution < -0.4 is 0 Å². The van der Waals surface area contributed by atoms with Gasteiger partial charge in [0.2, 0.25) is 0 Å². The van der Waals surface area contributed by atoms with E-state index < -0.39 is 17.4 Å². The molecule has 4 rings (SSSR count). The van der Waals surface area contributed by atoms with E-state index in [-0.39, 0.29) is 5.56 Å². The molecule has 0 radical (unpaired) electrons. The molecule has 0 spiro atoms. The van der Waals surface area contributed by atoms with Crippen molar-refractivity contribution in [1.82, 2.24) is 9.38 Å². The highest BCUT2D eigenvalue weighted by molar-refractivity contribution is 6.14. The van der Waals surface area contributed by atoms with Crippen molar-refractivity contribution in [3.63, 3.8) is 0 Å². The van der Waals surface area contributed by atoms with E-state index in [9.17, 15) is 13.6 Å². The molecule has 5 heteroatoms. The normalized spacial score (nSPS) is 11.1. The fraction of sp³-hybridized carbons (Fsp3) is 0.130. The number of aryl methyl sites for hydroxylation is 2. The number of benzene rings is 1. The quantitative estimate of drug-likeness (QED) is 0.463. The van der Waals surface area contributed by atoms with Crippen molar-refractivity contribution < 1.29 is 13.6 Å². The molecule has 3 nitrogen and oxygen atoms in total. The highest BCUT2D eigenvalue weighted by atomic mass is 19.1. The van der Waals surface area contributed by atoms with Crippen LogP contribution in [0, 0.1) is 18.6 Å². The van der Waals surface area contributed by atoms with Crippen LogP contribution in [-0.4, -0.2) is 15.2 Å². The molecule has 0 aliphatic rings. The van der Waals surface area contributed by atoms with Crippen molar-refractivity contribution in [3.05, 3.63) is 107 Å². The molecule has 0 saturated heterocycles. The minimum atomic E-state index is -0.852. The number of hydrogen-bond acceptors (Lipinski definition) is 2. The van der Waals surface area contributed by atoms with E-state index in [0.717, 1.165) is 35.5 Å². The Kier molecular flexibility index (Phi) is 4.74. The molecule has 0 aliphatic carbocycles. The second-order valence-electron chi connectivity index (χ2n) is 6.68. The third kappa shape index (κ3) is 3.20. The molecule has 3 aromatic heterocycles. The summed E-state index contributed by atoms with van der Waals surface area (Å²) in [5.74, 6) is -2.00. The Morgan fingerprint density at radius 3 is 2.61 bits per heavy atom. The molecule has 1 aromatic carbocycles. The highest BCUT2D eigenvalue weighted by Crippen LogP contribution is 2.27. The molecular formula is C23H18F2N2O. The molecule has 140 valence electrons. The summed E-state index contributed by atoms with van der Waals surface area (Å²) in [4.78, 5) is 17.5.